The minimum Gasteiger partial charge on any atom is -0.355 e. The Morgan fingerprint density at radius 1 is 0.956 bits per heavy atom. The van der Waals surface area contributed by atoms with Gasteiger partial charge in [-0.25, -0.2) is 15.0 Å². The van der Waals surface area contributed by atoms with Crippen LogP contribution in [0.1, 0.15) is 48.2 Å². The first-order chi connectivity index (χ1) is 21.7. The molecule has 2 aromatic heterocycles. The molecule has 0 saturated heterocycles. The zero-order chi connectivity index (χ0) is 32.1. The standard InChI is InChI=1S/C20H15ClO2.C9H11N5O.C7H8/c1-10-7-16-13(11(2)20(10)23)5-6-14-15-4-3-12(21)8-18(15)19(22)9-17(14)16;1-2-11-8(15)4-14-6-13-9-7(14)3-10-5-12-9;1-7-5-3-2-4-6-7/h3-11H,1-2H3;3,5-6H,2,4H2,1H3,(H,11,15);2-6H,1H3. The summed E-state index contributed by atoms with van der Waals surface area (Å²) in [5, 5.41) is 5.23. The van der Waals surface area contributed by atoms with Gasteiger partial charge in [0.1, 0.15) is 24.2 Å². The largest absolute Gasteiger partial charge is 0.355 e. The van der Waals surface area contributed by atoms with Gasteiger partial charge in [0, 0.05) is 29.0 Å². The first kappa shape index (κ1) is 31.5. The highest BCUT2D eigenvalue weighted by Crippen LogP contribution is 2.29. The molecule has 0 fully saturated rings. The van der Waals surface area contributed by atoms with E-state index in [2.05, 4.69) is 39.3 Å². The number of nitrogens with zero attached hydrogens (tertiary/aromatic N) is 4. The average Bonchev–Trinajstić information content (AvgIpc) is 3.44. The van der Waals surface area contributed by atoms with E-state index in [0.717, 1.165) is 32.6 Å². The number of amides is 1. The molecule has 45 heavy (non-hydrogen) atoms. The van der Waals surface area contributed by atoms with Gasteiger partial charge in [-0.05, 0) is 59.2 Å². The van der Waals surface area contributed by atoms with Gasteiger partial charge in [-0.1, -0.05) is 85.6 Å². The number of Topliss-reactive ketones (excluding diaryl/α,β-unsaturated/α-hetero) is 2. The van der Waals surface area contributed by atoms with Crippen LogP contribution in [0.25, 0.3) is 34.4 Å². The number of aryl methyl sites for hydroxylation is 1. The SMILES string of the molecule is CC1C=c2c(ccc3c2=CC(=O)c2cc(Cl)ccc2-3)C(C)C1=O.CCNC(=O)Cn1cnc2ncncc21.Cc1ccccc1. The summed E-state index contributed by atoms with van der Waals surface area (Å²) in [4.78, 5) is 48.0. The van der Waals surface area contributed by atoms with E-state index < -0.39 is 0 Å². The van der Waals surface area contributed by atoms with Crippen LogP contribution in [0.4, 0.5) is 0 Å². The van der Waals surface area contributed by atoms with Crippen molar-refractivity contribution < 1.29 is 14.4 Å². The predicted molar refractivity (Wildman–Crippen MR) is 177 cm³/mol. The van der Waals surface area contributed by atoms with Gasteiger partial charge in [-0.2, -0.15) is 0 Å². The third-order valence-corrected chi connectivity index (χ3v) is 8.06. The quantitative estimate of drug-likeness (QED) is 0.303. The lowest BCUT2D eigenvalue weighted by Gasteiger charge is -2.23. The lowest BCUT2D eigenvalue weighted by molar-refractivity contribution is -0.122. The van der Waals surface area contributed by atoms with Crippen LogP contribution in [-0.2, 0) is 16.1 Å². The summed E-state index contributed by atoms with van der Waals surface area (Å²) >= 11 is 6.03. The van der Waals surface area contributed by atoms with Crippen LogP contribution >= 0.6 is 11.6 Å². The molecule has 0 spiro atoms. The highest BCUT2D eigenvalue weighted by Gasteiger charge is 2.27. The molecular weight excluding hydrogens is 586 g/mol. The van der Waals surface area contributed by atoms with Crippen molar-refractivity contribution in [3.05, 3.63) is 112 Å². The lowest BCUT2D eigenvalue weighted by Crippen LogP contribution is -2.40. The number of ketones is 2. The smallest absolute Gasteiger partial charge is 0.239 e. The molecule has 8 nitrogen and oxygen atoms in total. The number of hydrogen-bond donors (Lipinski definition) is 1. The maximum atomic E-state index is 12.5. The molecule has 2 atom stereocenters. The van der Waals surface area contributed by atoms with E-state index in [1.165, 1.54) is 11.9 Å². The van der Waals surface area contributed by atoms with Crippen molar-refractivity contribution in [2.24, 2.45) is 5.92 Å². The van der Waals surface area contributed by atoms with Gasteiger partial charge >= 0.3 is 0 Å². The number of halogens is 1. The van der Waals surface area contributed by atoms with E-state index in [9.17, 15) is 14.4 Å². The normalized spacial score (nSPS) is 15.9. The molecule has 9 heteroatoms. The van der Waals surface area contributed by atoms with Crippen molar-refractivity contribution in [1.82, 2.24) is 24.8 Å². The Morgan fingerprint density at radius 2 is 1.71 bits per heavy atom. The Bertz CT molecular complexity index is 2020. The second kappa shape index (κ2) is 13.8. The molecule has 7 rings (SSSR count). The van der Waals surface area contributed by atoms with Gasteiger partial charge in [0.15, 0.2) is 11.4 Å². The Balaban J connectivity index is 0.000000155. The Kier molecular flexibility index (Phi) is 9.64. The molecule has 0 saturated carbocycles. The van der Waals surface area contributed by atoms with Crippen LogP contribution in [0.15, 0.2) is 79.5 Å². The van der Waals surface area contributed by atoms with E-state index in [-0.39, 0.29) is 35.9 Å². The summed E-state index contributed by atoms with van der Waals surface area (Å²) in [6.45, 7) is 8.70. The first-order valence-electron chi connectivity index (χ1n) is 14.8. The number of imidazole rings is 1. The van der Waals surface area contributed by atoms with Gasteiger partial charge in [0.25, 0.3) is 0 Å². The third-order valence-electron chi connectivity index (χ3n) is 7.82. The molecule has 3 aromatic carbocycles. The molecule has 2 aliphatic carbocycles. The van der Waals surface area contributed by atoms with Gasteiger partial charge < -0.3 is 9.88 Å². The maximum absolute atomic E-state index is 12.5. The molecular formula is C36H34ClN5O3. The Morgan fingerprint density at radius 3 is 2.42 bits per heavy atom. The van der Waals surface area contributed by atoms with Crippen LogP contribution in [0, 0.1) is 12.8 Å². The van der Waals surface area contributed by atoms with Gasteiger partial charge in [0.05, 0.1) is 12.5 Å². The van der Waals surface area contributed by atoms with Gasteiger partial charge in [-0.3, -0.25) is 14.4 Å². The van der Waals surface area contributed by atoms with E-state index in [1.807, 2.05) is 63.2 Å². The van der Waals surface area contributed by atoms with Crippen molar-refractivity contribution in [2.75, 3.05) is 6.54 Å². The van der Waals surface area contributed by atoms with E-state index in [1.54, 1.807) is 35.3 Å². The molecule has 2 aliphatic rings. The number of fused-ring (bicyclic) bond motifs is 6. The van der Waals surface area contributed by atoms with Crippen LogP contribution in [0.3, 0.4) is 0 Å². The molecule has 0 aliphatic heterocycles. The zero-order valence-electron chi connectivity index (χ0n) is 25.6. The van der Waals surface area contributed by atoms with E-state index in [4.69, 9.17) is 11.6 Å². The zero-order valence-corrected chi connectivity index (χ0v) is 26.4. The topological polar surface area (TPSA) is 107 Å². The highest BCUT2D eigenvalue weighted by atomic mass is 35.5. The fraction of sp³-hybridized carbons (Fsp3) is 0.222. The molecule has 0 radical (unpaired) electrons. The number of carbonyl (C=O) groups excluding carboxylic acids is 3. The average molecular weight is 620 g/mol. The monoisotopic (exact) mass is 619 g/mol. The Hall–Kier alpha value is -4.95. The van der Waals surface area contributed by atoms with Crippen LogP contribution < -0.4 is 15.8 Å². The van der Waals surface area contributed by atoms with Crippen LogP contribution in [0.5, 0.6) is 0 Å². The number of likely N-dealkylation sites (N-methyl/N-ethyl adjacent to an activating group) is 1. The fourth-order valence-corrected chi connectivity index (χ4v) is 5.70. The predicted octanol–water partition coefficient (Wildman–Crippen LogP) is 5.04. The minimum atomic E-state index is -0.134. The second-order valence-corrected chi connectivity index (χ2v) is 11.5. The molecule has 1 N–H and O–H groups in total. The number of aromatic nitrogens is 4. The summed E-state index contributed by atoms with van der Waals surface area (Å²) in [6, 6.07) is 19.7. The summed E-state index contributed by atoms with van der Waals surface area (Å²) in [5.41, 5.74) is 6.28. The van der Waals surface area contributed by atoms with Crippen molar-refractivity contribution in [3.63, 3.8) is 0 Å². The molecule has 2 unspecified atom stereocenters. The number of hydrogen-bond acceptors (Lipinski definition) is 6. The molecule has 5 aromatic rings. The van der Waals surface area contributed by atoms with Crippen molar-refractivity contribution in [1.29, 1.82) is 0 Å². The molecule has 228 valence electrons. The number of carbonyl (C=O) groups is 3. The van der Waals surface area contributed by atoms with Crippen LogP contribution in [0.2, 0.25) is 5.02 Å². The molecule has 2 heterocycles. The van der Waals surface area contributed by atoms with E-state index in [0.29, 0.717) is 22.8 Å². The van der Waals surface area contributed by atoms with Gasteiger partial charge in [0.2, 0.25) is 5.91 Å². The van der Waals surface area contributed by atoms with Crippen molar-refractivity contribution in [3.8, 4) is 11.1 Å². The molecule has 1 amide bonds. The summed E-state index contributed by atoms with van der Waals surface area (Å²) in [7, 11) is 0. The van der Waals surface area contributed by atoms with Crippen LogP contribution in [-0.4, -0.2) is 43.5 Å². The van der Waals surface area contributed by atoms with Crippen molar-refractivity contribution in [2.45, 2.75) is 40.2 Å². The fourth-order valence-electron chi connectivity index (χ4n) is 5.52. The number of rotatable bonds is 3. The molecule has 0 bridgehead atoms. The lowest BCUT2D eigenvalue weighted by atomic mass is 9.79. The summed E-state index contributed by atoms with van der Waals surface area (Å²) < 4.78 is 1.72. The van der Waals surface area contributed by atoms with Gasteiger partial charge in [-0.15, -0.1) is 0 Å². The first-order valence-corrected chi connectivity index (χ1v) is 15.2. The Labute approximate surface area is 266 Å². The third kappa shape index (κ3) is 6.91. The number of benzene rings is 3. The maximum Gasteiger partial charge on any atom is 0.239 e. The van der Waals surface area contributed by atoms with Crippen molar-refractivity contribution >= 4 is 52.4 Å². The second-order valence-electron chi connectivity index (χ2n) is 11.0. The minimum absolute atomic E-state index is 0.0333. The highest BCUT2D eigenvalue weighted by molar-refractivity contribution is 6.32. The summed E-state index contributed by atoms with van der Waals surface area (Å²) in [5.74, 6) is -0.106. The number of nitrogens with one attached hydrogen (secondary N) is 1. The summed E-state index contributed by atoms with van der Waals surface area (Å²) in [6.07, 6.45) is 8.34. The van der Waals surface area contributed by atoms with E-state index >= 15 is 0 Å².